The number of esters is 1. The molecule has 0 heterocycles. The number of carbonyl (C=O) groups excluding carboxylic acids is 2. The highest BCUT2D eigenvalue weighted by Gasteiger charge is 2.24. The zero-order valence-corrected chi connectivity index (χ0v) is 15.3. The molecule has 0 spiro atoms. The average Bonchev–Trinajstić information content (AvgIpc) is 2.53. The van der Waals surface area contributed by atoms with Crippen molar-refractivity contribution in [1.29, 1.82) is 0 Å². The van der Waals surface area contributed by atoms with Gasteiger partial charge in [0.1, 0.15) is 12.2 Å². The molecule has 0 aliphatic rings. The number of hydrogen-bond acceptors (Lipinski definition) is 5. The molecule has 1 aromatic rings. The topological polar surface area (TPSA) is 73.9 Å². The van der Waals surface area contributed by atoms with Crippen molar-refractivity contribution in [3.8, 4) is 0 Å². The first-order valence-electron chi connectivity index (χ1n) is 8.21. The number of rotatable bonds is 8. The molecule has 1 unspecified atom stereocenters. The quantitative estimate of drug-likeness (QED) is 0.574. The van der Waals surface area contributed by atoms with E-state index in [0.717, 1.165) is 11.1 Å². The van der Waals surface area contributed by atoms with E-state index >= 15 is 0 Å². The highest BCUT2D eigenvalue weighted by Crippen LogP contribution is 2.19. The molecule has 0 aliphatic heterocycles. The third-order valence-electron chi connectivity index (χ3n) is 3.17. The summed E-state index contributed by atoms with van der Waals surface area (Å²) in [6.45, 7) is 11.3. The van der Waals surface area contributed by atoms with Crippen molar-refractivity contribution < 1.29 is 23.8 Å². The van der Waals surface area contributed by atoms with Gasteiger partial charge in [0.15, 0.2) is 0 Å². The molecule has 0 bridgehead atoms. The molecular weight excluding hydrogens is 322 g/mol. The molecule has 0 saturated heterocycles. The molecule has 1 rings (SSSR count). The number of carbonyl (C=O) groups is 2. The van der Waals surface area contributed by atoms with Crippen LogP contribution in [0.1, 0.15) is 44.7 Å². The zero-order chi connectivity index (χ0) is 18.9. The van der Waals surface area contributed by atoms with Crippen molar-refractivity contribution in [2.24, 2.45) is 0 Å². The van der Waals surface area contributed by atoms with Crippen LogP contribution in [-0.2, 0) is 25.6 Å². The summed E-state index contributed by atoms with van der Waals surface area (Å²) in [6, 6.07) is 7.36. The smallest absolute Gasteiger partial charge is 0.407 e. The van der Waals surface area contributed by atoms with E-state index in [1.165, 1.54) is 6.26 Å². The summed E-state index contributed by atoms with van der Waals surface area (Å²) >= 11 is 0. The van der Waals surface area contributed by atoms with Crippen LogP contribution in [0.2, 0.25) is 0 Å². The van der Waals surface area contributed by atoms with Gasteiger partial charge in [0.25, 0.3) is 0 Å². The summed E-state index contributed by atoms with van der Waals surface area (Å²) < 4.78 is 15.4. The number of benzene rings is 1. The highest BCUT2D eigenvalue weighted by atomic mass is 16.6. The normalized spacial score (nSPS) is 12.0. The van der Waals surface area contributed by atoms with Crippen molar-refractivity contribution in [2.75, 3.05) is 13.2 Å². The Kier molecular flexibility index (Phi) is 7.98. The Morgan fingerprint density at radius 1 is 1.24 bits per heavy atom. The maximum atomic E-state index is 12.2. The number of hydrogen-bond donors (Lipinski definition) is 1. The van der Waals surface area contributed by atoms with Gasteiger partial charge >= 0.3 is 12.1 Å². The molecule has 1 atom stereocenters. The Hall–Kier alpha value is -2.50. The van der Waals surface area contributed by atoms with Crippen LogP contribution in [0.15, 0.2) is 37.1 Å². The van der Waals surface area contributed by atoms with Crippen LogP contribution in [-0.4, -0.2) is 30.8 Å². The van der Waals surface area contributed by atoms with E-state index in [4.69, 9.17) is 14.2 Å². The Labute approximate surface area is 149 Å². The second-order valence-corrected chi connectivity index (χ2v) is 6.41. The minimum absolute atomic E-state index is 0.0935. The lowest BCUT2D eigenvalue weighted by atomic mass is 9.98. The van der Waals surface area contributed by atoms with E-state index in [-0.39, 0.29) is 13.2 Å². The molecule has 1 amide bonds. The van der Waals surface area contributed by atoms with E-state index < -0.39 is 23.6 Å². The van der Waals surface area contributed by atoms with Crippen molar-refractivity contribution in [1.82, 2.24) is 5.32 Å². The van der Waals surface area contributed by atoms with Gasteiger partial charge in [-0.3, -0.25) is 4.79 Å². The fraction of sp³-hybridized carbons (Fsp3) is 0.474. The summed E-state index contributed by atoms with van der Waals surface area (Å²) in [5.74, 6) is -1.00. The lowest BCUT2D eigenvalue weighted by molar-refractivity contribution is -0.144. The first kappa shape index (κ1) is 20.5. The van der Waals surface area contributed by atoms with Gasteiger partial charge in [-0.1, -0.05) is 30.8 Å². The summed E-state index contributed by atoms with van der Waals surface area (Å²) in [5, 5.41) is 2.63. The SMILES string of the molecule is C=COCc1ccc(C(CNC(=O)OC(C)(C)C)C(=O)OCC)cc1. The van der Waals surface area contributed by atoms with Gasteiger partial charge in [0.2, 0.25) is 0 Å². The fourth-order valence-corrected chi connectivity index (χ4v) is 2.08. The summed E-state index contributed by atoms with van der Waals surface area (Å²) in [7, 11) is 0. The summed E-state index contributed by atoms with van der Waals surface area (Å²) in [5.41, 5.74) is 1.10. The first-order chi connectivity index (χ1) is 11.8. The molecule has 6 heteroatoms. The third kappa shape index (κ3) is 7.74. The van der Waals surface area contributed by atoms with E-state index in [1.54, 1.807) is 27.7 Å². The number of nitrogens with one attached hydrogen (secondary N) is 1. The fourth-order valence-electron chi connectivity index (χ4n) is 2.08. The van der Waals surface area contributed by atoms with E-state index in [1.807, 2.05) is 24.3 Å². The van der Waals surface area contributed by atoms with Crippen LogP contribution in [0.4, 0.5) is 4.79 Å². The second-order valence-electron chi connectivity index (χ2n) is 6.41. The second kappa shape index (κ2) is 9.71. The van der Waals surface area contributed by atoms with Gasteiger partial charge < -0.3 is 19.5 Å². The molecule has 0 radical (unpaired) electrons. The van der Waals surface area contributed by atoms with Gasteiger partial charge in [0, 0.05) is 6.54 Å². The zero-order valence-electron chi connectivity index (χ0n) is 15.3. The van der Waals surface area contributed by atoms with Gasteiger partial charge in [-0.05, 0) is 38.8 Å². The minimum Gasteiger partial charge on any atom is -0.497 e. The van der Waals surface area contributed by atoms with E-state index in [0.29, 0.717) is 6.61 Å². The van der Waals surface area contributed by atoms with Crippen molar-refractivity contribution in [3.05, 3.63) is 48.2 Å². The number of ether oxygens (including phenoxy) is 3. The Morgan fingerprint density at radius 3 is 2.40 bits per heavy atom. The van der Waals surface area contributed by atoms with Crippen molar-refractivity contribution in [3.63, 3.8) is 0 Å². The molecular formula is C19H27NO5. The van der Waals surface area contributed by atoms with Gasteiger partial charge in [-0.25, -0.2) is 4.79 Å². The lowest BCUT2D eigenvalue weighted by Gasteiger charge is -2.21. The van der Waals surface area contributed by atoms with Crippen LogP contribution < -0.4 is 5.32 Å². The average molecular weight is 349 g/mol. The van der Waals surface area contributed by atoms with Crippen molar-refractivity contribution >= 4 is 12.1 Å². The molecule has 0 fully saturated rings. The van der Waals surface area contributed by atoms with Crippen molar-refractivity contribution in [2.45, 2.75) is 45.8 Å². The maximum Gasteiger partial charge on any atom is 0.407 e. The largest absolute Gasteiger partial charge is 0.497 e. The Balaban J connectivity index is 2.80. The summed E-state index contributed by atoms with van der Waals surface area (Å²) in [4.78, 5) is 24.1. The number of alkyl carbamates (subject to hydrolysis) is 1. The molecule has 25 heavy (non-hydrogen) atoms. The molecule has 0 aliphatic carbocycles. The minimum atomic E-state index is -0.609. The third-order valence-corrected chi connectivity index (χ3v) is 3.17. The molecule has 0 aromatic heterocycles. The molecule has 138 valence electrons. The van der Waals surface area contributed by atoms with Gasteiger partial charge in [-0.2, -0.15) is 0 Å². The van der Waals surface area contributed by atoms with Crippen LogP contribution in [0, 0.1) is 0 Å². The highest BCUT2D eigenvalue weighted by molar-refractivity contribution is 5.79. The van der Waals surface area contributed by atoms with E-state index in [9.17, 15) is 9.59 Å². The Bertz CT molecular complexity index is 574. The lowest BCUT2D eigenvalue weighted by Crippen LogP contribution is -2.36. The predicted octanol–water partition coefficient (Wildman–Crippen LogP) is 3.52. The van der Waals surface area contributed by atoms with E-state index in [2.05, 4.69) is 11.9 Å². The van der Waals surface area contributed by atoms with Gasteiger partial charge in [-0.15, -0.1) is 0 Å². The number of amides is 1. The molecule has 6 nitrogen and oxygen atoms in total. The monoisotopic (exact) mass is 349 g/mol. The molecule has 1 N–H and O–H groups in total. The predicted molar refractivity (Wildman–Crippen MR) is 95.0 cm³/mol. The molecule has 1 aromatic carbocycles. The standard InChI is InChI=1S/C19H27NO5/c1-6-23-13-14-8-10-15(11-9-14)16(17(21)24-7-2)12-20-18(22)25-19(3,4)5/h6,8-11,16H,1,7,12-13H2,2-5H3,(H,20,22). The van der Waals surface area contributed by atoms with Crippen LogP contribution in [0.3, 0.4) is 0 Å². The Morgan fingerprint density at radius 2 is 1.88 bits per heavy atom. The molecule has 0 saturated carbocycles. The first-order valence-corrected chi connectivity index (χ1v) is 8.21. The van der Waals surface area contributed by atoms with Crippen LogP contribution in [0.25, 0.3) is 0 Å². The summed E-state index contributed by atoms with van der Waals surface area (Å²) in [6.07, 6.45) is 0.804. The maximum absolute atomic E-state index is 12.2. The van der Waals surface area contributed by atoms with Crippen LogP contribution in [0.5, 0.6) is 0 Å². The van der Waals surface area contributed by atoms with Crippen LogP contribution >= 0.6 is 0 Å². The van der Waals surface area contributed by atoms with Gasteiger partial charge in [0.05, 0.1) is 18.8 Å².